The predicted molar refractivity (Wildman–Crippen MR) is 82.2 cm³/mol. The lowest BCUT2D eigenvalue weighted by atomic mass is 9.94. The highest BCUT2D eigenvalue weighted by Crippen LogP contribution is 2.20. The van der Waals surface area contributed by atoms with Crippen LogP contribution >= 0.6 is 0 Å². The Morgan fingerprint density at radius 3 is 2.38 bits per heavy atom. The Balaban J connectivity index is 1.94. The van der Waals surface area contributed by atoms with Gasteiger partial charge in [-0.15, -0.1) is 0 Å². The first-order valence-corrected chi connectivity index (χ1v) is 7.12. The van der Waals surface area contributed by atoms with E-state index >= 15 is 0 Å². The number of piperazine rings is 1. The number of pyridine rings is 1. The van der Waals surface area contributed by atoms with E-state index in [9.17, 15) is 9.59 Å². The molecule has 2 rings (SSSR count). The molecule has 2 heterocycles. The Bertz CT molecular complexity index is 499. The predicted octanol–water partition coefficient (Wildman–Crippen LogP) is 1.34. The first kappa shape index (κ1) is 15.3. The van der Waals surface area contributed by atoms with Crippen molar-refractivity contribution in [2.24, 2.45) is 5.41 Å². The summed E-state index contributed by atoms with van der Waals surface area (Å²) in [6.45, 7) is 8.81. The van der Waals surface area contributed by atoms with Crippen LogP contribution in [0.25, 0.3) is 0 Å². The van der Waals surface area contributed by atoms with Gasteiger partial charge in [0.2, 0.25) is 12.3 Å². The van der Waals surface area contributed by atoms with Crippen LogP contribution in [0.3, 0.4) is 0 Å². The SMILES string of the molecule is CC(C)(C)C(=O)N1CCN(c2ccc(NC=O)cn2)CC1. The zero-order valence-corrected chi connectivity index (χ0v) is 12.8. The van der Waals surface area contributed by atoms with E-state index in [1.807, 2.05) is 37.8 Å². The van der Waals surface area contributed by atoms with E-state index in [1.165, 1.54) is 0 Å². The van der Waals surface area contributed by atoms with E-state index in [-0.39, 0.29) is 11.3 Å². The largest absolute Gasteiger partial charge is 0.353 e. The molecule has 1 saturated heterocycles. The van der Waals surface area contributed by atoms with Crippen molar-refractivity contribution in [3.63, 3.8) is 0 Å². The van der Waals surface area contributed by atoms with Crippen molar-refractivity contribution in [1.29, 1.82) is 0 Å². The van der Waals surface area contributed by atoms with Gasteiger partial charge in [0.05, 0.1) is 11.9 Å². The molecular weight excluding hydrogens is 268 g/mol. The van der Waals surface area contributed by atoms with Crippen LogP contribution in [0.5, 0.6) is 0 Å². The van der Waals surface area contributed by atoms with Gasteiger partial charge in [-0.2, -0.15) is 0 Å². The summed E-state index contributed by atoms with van der Waals surface area (Å²) in [5.41, 5.74) is 0.345. The standard InChI is InChI=1S/C15H22N4O2/c1-15(2,3)14(21)19-8-6-18(7-9-19)13-5-4-12(10-16-13)17-11-20/h4-5,10-11H,6-9H2,1-3H3,(H,17,20). The molecule has 1 fully saturated rings. The molecule has 0 saturated carbocycles. The lowest BCUT2D eigenvalue weighted by molar-refractivity contribution is -0.139. The van der Waals surface area contributed by atoms with Gasteiger partial charge in [0.1, 0.15) is 5.82 Å². The quantitative estimate of drug-likeness (QED) is 0.853. The summed E-state index contributed by atoms with van der Waals surface area (Å²) in [4.78, 5) is 31.0. The molecule has 2 amide bonds. The van der Waals surface area contributed by atoms with Crippen LogP contribution < -0.4 is 10.2 Å². The van der Waals surface area contributed by atoms with Crippen LogP contribution in [-0.4, -0.2) is 48.4 Å². The van der Waals surface area contributed by atoms with Crippen LogP contribution in [0.2, 0.25) is 0 Å². The minimum Gasteiger partial charge on any atom is -0.353 e. The summed E-state index contributed by atoms with van der Waals surface area (Å²) in [6.07, 6.45) is 2.27. The summed E-state index contributed by atoms with van der Waals surface area (Å²) < 4.78 is 0. The van der Waals surface area contributed by atoms with Crippen molar-refractivity contribution < 1.29 is 9.59 Å². The summed E-state index contributed by atoms with van der Waals surface area (Å²) in [5, 5.41) is 2.56. The first-order valence-electron chi connectivity index (χ1n) is 7.12. The molecule has 1 aromatic rings. The van der Waals surface area contributed by atoms with Crippen LogP contribution in [0, 0.1) is 5.41 Å². The van der Waals surface area contributed by atoms with Gasteiger partial charge in [-0.3, -0.25) is 9.59 Å². The number of hydrogen-bond acceptors (Lipinski definition) is 4. The van der Waals surface area contributed by atoms with E-state index < -0.39 is 0 Å². The van der Waals surface area contributed by atoms with E-state index in [2.05, 4.69) is 15.2 Å². The lowest BCUT2D eigenvalue weighted by Gasteiger charge is -2.38. The Morgan fingerprint density at radius 1 is 1.24 bits per heavy atom. The molecule has 6 nitrogen and oxygen atoms in total. The van der Waals surface area contributed by atoms with Gasteiger partial charge in [-0.1, -0.05) is 20.8 Å². The third kappa shape index (κ3) is 3.71. The van der Waals surface area contributed by atoms with E-state index in [4.69, 9.17) is 0 Å². The third-order valence-electron chi connectivity index (χ3n) is 3.51. The maximum atomic E-state index is 12.2. The van der Waals surface area contributed by atoms with Gasteiger partial charge in [0.15, 0.2) is 0 Å². The molecule has 0 aliphatic carbocycles. The number of rotatable bonds is 3. The molecule has 0 atom stereocenters. The summed E-state index contributed by atoms with van der Waals surface area (Å²) in [5.74, 6) is 1.06. The summed E-state index contributed by atoms with van der Waals surface area (Å²) in [7, 11) is 0. The Morgan fingerprint density at radius 2 is 1.90 bits per heavy atom. The Hall–Kier alpha value is -2.11. The fourth-order valence-corrected chi connectivity index (χ4v) is 2.34. The number of carbonyl (C=O) groups is 2. The number of nitrogens with zero attached hydrogens (tertiary/aromatic N) is 3. The number of anilines is 2. The average molecular weight is 290 g/mol. The topological polar surface area (TPSA) is 65.5 Å². The number of amides is 2. The van der Waals surface area contributed by atoms with Crippen molar-refractivity contribution in [2.45, 2.75) is 20.8 Å². The minimum absolute atomic E-state index is 0.195. The van der Waals surface area contributed by atoms with Gasteiger partial charge in [0, 0.05) is 31.6 Å². The minimum atomic E-state index is -0.331. The molecule has 0 unspecified atom stereocenters. The van der Waals surface area contributed by atoms with Gasteiger partial charge in [-0.05, 0) is 12.1 Å². The Kier molecular flexibility index (Phi) is 4.45. The van der Waals surface area contributed by atoms with Crippen molar-refractivity contribution >= 4 is 23.8 Å². The van der Waals surface area contributed by atoms with Gasteiger partial charge >= 0.3 is 0 Å². The number of carbonyl (C=O) groups excluding carboxylic acids is 2. The van der Waals surface area contributed by atoms with Crippen LogP contribution in [0.15, 0.2) is 18.3 Å². The summed E-state index contributed by atoms with van der Waals surface area (Å²) >= 11 is 0. The molecule has 1 N–H and O–H groups in total. The van der Waals surface area contributed by atoms with Crippen molar-refractivity contribution in [3.8, 4) is 0 Å². The zero-order chi connectivity index (χ0) is 15.5. The van der Waals surface area contributed by atoms with Crippen LogP contribution in [-0.2, 0) is 9.59 Å². The van der Waals surface area contributed by atoms with Crippen molar-refractivity contribution in [2.75, 3.05) is 36.4 Å². The number of hydrogen-bond donors (Lipinski definition) is 1. The smallest absolute Gasteiger partial charge is 0.228 e. The molecular formula is C15H22N4O2. The van der Waals surface area contributed by atoms with Crippen LogP contribution in [0.1, 0.15) is 20.8 Å². The monoisotopic (exact) mass is 290 g/mol. The molecule has 0 spiro atoms. The van der Waals surface area contributed by atoms with Crippen molar-refractivity contribution in [3.05, 3.63) is 18.3 Å². The molecule has 21 heavy (non-hydrogen) atoms. The highest BCUT2D eigenvalue weighted by atomic mass is 16.2. The van der Waals surface area contributed by atoms with Gasteiger partial charge in [0.25, 0.3) is 0 Å². The molecule has 6 heteroatoms. The van der Waals surface area contributed by atoms with Crippen LogP contribution in [0.4, 0.5) is 11.5 Å². The molecule has 0 bridgehead atoms. The normalized spacial score (nSPS) is 15.8. The maximum absolute atomic E-state index is 12.2. The molecule has 0 radical (unpaired) electrons. The average Bonchev–Trinajstić information content (AvgIpc) is 2.47. The Labute approximate surface area is 125 Å². The van der Waals surface area contributed by atoms with E-state index in [0.717, 1.165) is 18.9 Å². The van der Waals surface area contributed by atoms with E-state index in [1.54, 1.807) is 6.20 Å². The number of aromatic nitrogens is 1. The summed E-state index contributed by atoms with van der Waals surface area (Å²) in [6, 6.07) is 3.70. The van der Waals surface area contributed by atoms with Crippen molar-refractivity contribution in [1.82, 2.24) is 9.88 Å². The second kappa shape index (κ2) is 6.11. The molecule has 1 aromatic heterocycles. The second-order valence-corrected chi connectivity index (χ2v) is 6.20. The maximum Gasteiger partial charge on any atom is 0.228 e. The fourth-order valence-electron chi connectivity index (χ4n) is 2.34. The zero-order valence-electron chi connectivity index (χ0n) is 12.8. The molecule has 1 aliphatic rings. The third-order valence-corrected chi connectivity index (χ3v) is 3.51. The second-order valence-electron chi connectivity index (χ2n) is 6.20. The highest BCUT2D eigenvalue weighted by Gasteiger charge is 2.29. The molecule has 1 aliphatic heterocycles. The fraction of sp³-hybridized carbons (Fsp3) is 0.533. The highest BCUT2D eigenvalue weighted by molar-refractivity contribution is 5.81. The van der Waals surface area contributed by atoms with E-state index in [0.29, 0.717) is 25.2 Å². The first-order chi connectivity index (χ1) is 9.91. The van der Waals surface area contributed by atoms with Gasteiger partial charge < -0.3 is 15.1 Å². The molecule has 0 aromatic carbocycles. The molecule has 114 valence electrons. The number of nitrogens with one attached hydrogen (secondary N) is 1. The van der Waals surface area contributed by atoms with Gasteiger partial charge in [-0.25, -0.2) is 4.98 Å². The lowest BCUT2D eigenvalue weighted by Crippen LogP contribution is -2.51.